The highest BCUT2D eigenvalue weighted by Gasteiger charge is 2.27. The van der Waals surface area contributed by atoms with Crippen LogP contribution >= 0.6 is 7.82 Å². The molecule has 0 aliphatic carbocycles. The molecule has 0 radical (unpaired) electrons. The summed E-state index contributed by atoms with van der Waals surface area (Å²) in [6, 6.07) is 0. The smallest absolute Gasteiger partial charge is 0.268 e. The predicted octanol–water partition coefficient (Wildman–Crippen LogP) is 6.37. The number of nitrogens with zero attached hydrogens (tertiary/aromatic N) is 1. The van der Waals surface area contributed by atoms with Gasteiger partial charge in [0.1, 0.15) is 19.3 Å². The Balaban J connectivity index is 1.82. The molecule has 1 saturated heterocycles. The molecule has 216 valence electrons. The van der Waals surface area contributed by atoms with Crippen LogP contribution in [-0.2, 0) is 18.3 Å². The van der Waals surface area contributed by atoms with Crippen LogP contribution in [0.25, 0.3) is 0 Å². The summed E-state index contributed by atoms with van der Waals surface area (Å²) in [6.07, 6.45) is 22.6. The Kier molecular flexibility index (Phi) is 20.7. The SMILES string of the molecule is CCCCCCCCCCCCCCCCCCOCC(O)COP(=O)([O-])OCC[N+]1(C)CCCC1. The van der Waals surface area contributed by atoms with E-state index < -0.39 is 13.9 Å². The van der Waals surface area contributed by atoms with Gasteiger partial charge in [0.2, 0.25) is 0 Å². The predicted molar refractivity (Wildman–Crippen MR) is 146 cm³/mol. The average Bonchev–Trinajstić information content (AvgIpc) is 3.28. The van der Waals surface area contributed by atoms with Crippen LogP contribution in [0.5, 0.6) is 0 Å². The Morgan fingerprint density at radius 3 is 1.72 bits per heavy atom. The molecule has 0 bridgehead atoms. The number of ether oxygens (including phenoxy) is 1. The van der Waals surface area contributed by atoms with Crippen LogP contribution in [0.15, 0.2) is 0 Å². The van der Waals surface area contributed by atoms with Crippen molar-refractivity contribution in [2.45, 2.75) is 129 Å². The maximum absolute atomic E-state index is 11.9. The molecule has 0 saturated carbocycles. The molecule has 1 aliphatic rings. The highest BCUT2D eigenvalue weighted by molar-refractivity contribution is 7.45. The van der Waals surface area contributed by atoms with E-state index in [-0.39, 0.29) is 19.8 Å². The summed E-state index contributed by atoms with van der Waals surface area (Å²) in [5.74, 6) is 0. The summed E-state index contributed by atoms with van der Waals surface area (Å²) in [4.78, 5) is 11.9. The third-order valence-electron chi connectivity index (χ3n) is 7.40. The van der Waals surface area contributed by atoms with Gasteiger partial charge in [-0.3, -0.25) is 4.57 Å². The first-order chi connectivity index (χ1) is 17.4. The molecule has 1 fully saturated rings. The summed E-state index contributed by atoms with van der Waals surface area (Å²) >= 11 is 0. The molecule has 36 heavy (non-hydrogen) atoms. The Hall–Kier alpha value is -0.0100. The van der Waals surface area contributed by atoms with Crippen molar-refractivity contribution in [2.75, 3.05) is 53.1 Å². The van der Waals surface area contributed by atoms with Crippen LogP contribution in [-0.4, -0.2) is 68.8 Å². The van der Waals surface area contributed by atoms with E-state index >= 15 is 0 Å². The van der Waals surface area contributed by atoms with Crippen LogP contribution in [0.2, 0.25) is 0 Å². The Morgan fingerprint density at radius 2 is 1.22 bits per heavy atom. The van der Waals surface area contributed by atoms with E-state index in [1.807, 2.05) is 0 Å². The van der Waals surface area contributed by atoms with Crippen molar-refractivity contribution in [3.05, 3.63) is 0 Å². The van der Waals surface area contributed by atoms with E-state index in [1.165, 1.54) is 103 Å². The van der Waals surface area contributed by atoms with E-state index in [4.69, 9.17) is 13.8 Å². The molecule has 0 amide bonds. The largest absolute Gasteiger partial charge is 0.756 e. The van der Waals surface area contributed by atoms with Crippen LogP contribution in [0.1, 0.15) is 122 Å². The van der Waals surface area contributed by atoms with Crippen molar-refractivity contribution in [1.82, 2.24) is 0 Å². The minimum atomic E-state index is -4.39. The molecule has 8 heteroatoms. The lowest BCUT2D eigenvalue weighted by Crippen LogP contribution is -2.43. The van der Waals surface area contributed by atoms with Crippen molar-refractivity contribution < 1.29 is 32.8 Å². The molecule has 0 aromatic rings. The highest BCUT2D eigenvalue weighted by Crippen LogP contribution is 2.38. The lowest BCUT2D eigenvalue weighted by atomic mass is 10.0. The van der Waals surface area contributed by atoms with Crippen LogP contribution in [0.4, 0.5) is 0 Å². The number of likely N-dealkylation sites (N-methyl/N-ethyl adjacent to an activating group) is 1. The first-order valence-electron chi connectivity index (χ1n) is 15.1. The van der Waals surface area contributed by atoms with Gasteiger partial charge in [0.25, 0.3) is 7.82 Å². The minimum absolute atomic E-state index is 0.0771. The Bertz CT molecular complexity index is 544. The van der Waals surface area contributed by atoms with Crippen molar-refractivity contribution in [1.29, 1.82) is 0 Å². The molecule has 1 rings (SSSR count). The van der Waals surface area contributed by atoms with Gasteiger partial charge in [0.15, 0.2) is 0 Å². The maximum atomic E-state index is 11.9. The van der Waals surface area contributed by atoms with Crippen LogP contribution in [0, 0.1) is 0 Å². The van der Waals surface area contributed by atoms with E-state index in [0.29, 0.717) is 13.2 Å². The number of likely N-dealkylation sites (tertiary alicyclic amines) is 1. The monoisotopic (exact) mass is 535 g/mol. The zero-order chi connectivity index (χ0) is 26.4. The second-order valence-electron chi connectivity index (χ2n) is 11.1. The van der Waals surface area contributed by atoms with Gasteiger partial charge < -0.3 is 28.3 Å². The molecule has 0 aromatic carbocycles. The molecule has 7 nitrogen and oxygen atoms in total. The van der Waals surface area contributed by atoms with Crippen molar-refractivity contribution in [2.24, 2.45) is 0 Å². The quantitative estimate of drug-likeness (QED) is 0.0787. The molecule has 2 unspecified atom stereocenters. The first-order valence-corrected chi connectivity index (χ1v) is 16.5. The zero-order valence-electron chi connectivity index (χ0n) is 23.6. The van der Waals surface area contributed by atoms with Crippen LogP contribution < -0.4 is 4.89 Å². The lowest BCUT2D eigenvalue weighted by Gasteiger charge is -2.30. The van der Waals surface area contributed by atoms with Gasteiger partial charge in [-0.25, -0.2) is 0 Å². The summed E-state index contributed by atoms with van der Waals surface area (Å²) < 4.78 is 28.0. The molecule has 0 aromatic heterocycles. The van der Waals surface area contributed by atoms with Gasteiger partial charge in [0.05, 0.1) is 33.4 Å². The summed E-state index contributed by atoms with van der Waals surface area (Å²) in [5.41, 5.74) is 0. The van der Waals surface area contributed by atoms with Gasteiger partial charge >= 0.3 is 0 Å². The normalized spacial score (nSPS) is 17.9. The van der Waals surface area contributed by atoms with E-state index in [0.717, 1.165) is 30.4 Å². The molecule has 0 spiro atoms. The summed E-state index contributed by atoms with van der Waals surface area (Å²) in [7, 11) is -2.27. The fourth-order valence-corrected chi connectivity index (χ4v) is 5.66. The second kappa shape index (κ2) is 21.9. The number of rotatable bonds is 26. The molecule has 2 atom stereocenters. The van der Waals surface area contributed by atoms with Crippen molar-refractivity contribution in [3.63, 3.8) is 0 Å². The van der Waals surface area contributed by atoms with Crippen molar-refractivity contribution in [3.8, 4) is 0 Å². The Morgan fingerprint density at radius 1 is 0.750 bits per heavy atom. The summed E-state index contributed by atoms with van der Waals surface area (Å²) in [5, 5.41) is 9.92. The van der Waals surface area contributed by atoms with Gasteiger partial charge in [-0.05, 0) is 6.42 Å². The number of aliphatic hydroxyl groups excluding tert-OH is 1. The molecule has 1 aliphatic heterocycles. The number of phosphoric ester groups is 1. The van der Waals surface area contributed by atoms with Gasteiger partial charge in [-0.1, -0.05) is 103 Å². The third-order valence-corrected chi connectivity index (χ3v) is 8.37. The number of unbranched alkanes of at least 4 members (excludes halogenated alkanes) is 15. The van der Waals surface area contributed by atoms with Gasteiger partial charge in [-0.15, -0.1) is 0 Å². The van der Waals surface area contributed by atoms with E-state index in [9.17, 15) is 14.6 Å². The second-order valence-corrected chi connectivity index (χ2v) is 12.5. The number of quaternary nitrogens is 1. The maximum Gasteiger partial charge on any atom is 0.268 e. The lowest BCUT2D eigenvalue weighted by molar-refractivity contribution is -0.897. The van der Waals surface area contributed by atoms with Crippen LogP contribution in [0.3, 0.4) is 0 Å². The van der Waals surface area contributed by atoms with E-state index in [2.05, 4.69) is 14.0 Å². The average molecular weight is 536 g/mol. The minimum Gasteiger partial charge on any atom is -0.756 e. The Labute approximate surface area is 222 Å². The van der Waals surface area contributed by atoms with Gasteiger partial charge in [-0.2, -0.15) is 0 Å². The zero-order valence-corrected chi connectivity index (χ0v) is 24.5. The van der Waals surface area contributed by atoms with E-state index in [1.54, 1.807) is 0 Å². The molecular formula is C28H58NO6P. The molecule has 1 N–H and O–H groups in total. The molecule has 1 heterocycles. The number of hydrogen-bond acceptors (Lipinski definition) is 6. The fourth-order valence-electron chi connectivity index (χ4n) is 4.93. The fraction of sp³-hybridized carbons (Fsp3) is 1.00. The molecular weight excluding hydrogens is 477 g/mol. The third kappa shape index (κ3) is 20.0. The van der Waals surface area contributed by atoms with Gasteiger partial charge in [0, 0.05) is 19.4 Å². The highest BCUT2D eigenvalue weighted by atomic mass is 31.2. The number of hydrogen-bond donors (Lipinski definition) is 1. The number of phosphoric acid groups is 1. The summed E-state index contributed by atoms with van der Waals surface area (Å²) in [6.45, 7) is 5.49. The topological polar surface area (TPSA) is 88.0 Å². The standard InChI is InChI=1S/C28H58NO6P/c1-3-4-5-6-7-8-9-10-11-12-13-14-15-16-17-20-24-33-26-28(30)27-35-36(31,32)34-25-23-29(2)21-18-19-22-29/h28,30H,3-27H2,1-2H3. The first kappa shape index (κ1) is 34.0. The number of aliphatic hydroxyl groups is 1. The van der Waals surface area contributed by atoms with Crippen molar-refractivity contribution >= 4 is 7.82 Å².